The first-order chi connectivity index (χ1) is 9.22. The average Bonchev–Trinajstić information content (AvgIpc) is 2.46. The fraction of sp³-hybridized carbons (Fsp3) is 0.250. The maximum Gasteiger partial charge on any atom is 0.124 e. The third-order valence-electron chi connectivity index (χ3n) is 3.07. The molecule has 0 aliphatic rings. The summed E-state index contributed by atoms with van der Waals surface area (Å²) in [5.41, 5.74) is 9.10. The molecule has 2 nitrogen and oxygen atoms in total. The number of halogens is 1. The molecule has 0 unspecified atom stereocenters. The normalized spacial score (nSPS) is 10.5. The highest BCUT2D eigenvalue weighted by Crippen LogP contribution is 2.23. The average molecular weight is 276 g/mol. The molecule has 2 aromatic carbocycles. The van der Waals surface area contributed by atoms with Crippen molar-refractivity contribution in [2.24, 2.45) is 5.73 Å². The van der Waals surface area contributed by atoms with Gasteiger partial charge >= 0.3 is 0 Å². The Labute approximate surface area is 119 Å². The largest absolute Gasteiger partial charge is 0.489 e. The Hall–Kier alpha value is -1.51. The lowest BCUT2D eigenvalue weighted by Gasteiger charge is -2.11. The third-order valence-corrected chi connectivity index (χ3v) is 3.30. The van der Waals surface area contributed by atoms with E-state index >= 15 is 0 Å². The molecule has 0 aliphatic carbocycles. The molecule has 19 heavy (non-hydrogen) atoms. The van der Waals surface area contributed by atoms with Gasteiger partial charge in [0.05, 0.1) is 0 Å². The Bertz CT molecular complexity index is 537. The second-order valence-corrected chi connectivity index (χ2v) is 4.85. The summed E-state index contributed by atoms with van der Waals surface area (Å²) in [6, 6.07) is 14.0. The maximum absolute atomic E-state index is 5.94. The quantitative estimate of drug-likeness (QED) is 0.897. The zero-order valence-electron chi connectivity index (χ0n) is 11.0. The van der Waals surface area contributed by atoms with Gasteiger partial charge in [-0.05, 0) is 35.7 Å². The number of ether oxygens (including phenoxy) is 1. The molecule has 0 bridgehead atoms. The Balaban J connectivity index is 2.05. The van der Waals surface area contributed by atoms with E-state index < -0.39 is 0 Å². The molecule has 0 atom stereocenters. The van der Waals surface area contributed by atoms with Gasteiger partial charge in [-0.15, -0.1) is 0 Å². The summed E-state index contributed by atoms with van der Waals surface area (Å²) in [7, 11) is 0. The first kappa shape index (κ1) is 13.9. The van der Waals surface area contributed by atoms with Crippen LogP contribution in [0.3, 0.4) is 0 Å². The molecular formula is C16H18ClNO. The third kappa shape index (κ3) is 3.72. The molecule has 0 fully saturated rings. The van der Waals surface area contributed by atoms with Gasteiger partial charge in [-0.1, -0.05) is 42.8 Å². The SMILES string of the molecule is CCc1ccc(COc2ccc(Cl)cc2CN)cc1. The molecule has 0 aliphatic heterocycles. The molecule has 0 radical (unpaired) electrons. The van der Waals surface area contributed by atoms with Crippen molar-refractivity contribution in [2.45, 2.75) is 26.5 Å². The van der Waals surface area contributed by atoms with Gasteiger partial charge in [-0.25, -0.2) is 0 Å². The summed E-state index contributed by atoms with van der Waals surface area (Å²) in [5, 5.41) is 0.681. The lowest BCUT2D eigenvalue weighted by atomic mass is 10.1. The molecular weight excluding hydrogens is 258 g/mol. The number of benzene rings is 2. The Morgan fingerprint density at radius 1 is 1.05 bits per heavy atom. The van der Waals surface area contributed by atoms with Gasteiger partial charge in [0.15, 0.2) is 0 Å². The molecule has 0 saturated carbocycles. The van der Waals surface area contributed by atoms with Crippen LogP contribution in [0.5, 0.6) is 5.75 Å². The molecule has 0 saturated heterocycles. The van der Waals surface area contributed by atoms with Crippen LogP contribution in [0.1, 0.15) is 23.6 Å². The molecule has 0 aromatic heterocycles. The van der Waals surface area contributed by atoms with Crippen LogP contribution in [0.15, 0.2) is 42.5 Å². The summed E-state index contributed by atoms with van der Waals surface area (Å²) in [5.74, 6) is 0.798. The zero-order chi connectivity index (χ0) is 13.7. The zero-order valence-corrected chi connectivity index (χ0v) is 11.8. The number of rotatable bonds is 5. The van der Waals surface area contributed by atoms with Crippen molar-refractivity contribution in [2.75, 3.05) is 0 Å². The standard InChI is InChI=1S/C16H18ClNO/c1-2-12-3-5-13(6-4-12)11-19-16-8-7-15(17)9-14(16)10-18/h3-9H,2,10-11,18H2,1H3. The summed E-state index contributed by atoms with van der Waals surface area (Å²) < 4.78 is 5.80. The Morgan fingerprint density at radius 3 is 2.37 bits per heavy atom. The maximum atomic E-state index is 5.94. The second kappa shape index (κ2) is 6.60. The highest BCUT2D eigenvalue weighted by Gasteiger charge is 2.03. The molecule has 2 N–H and O–H groups in total. The van der Waals surface area contributed by atoms with Crippen molar-refractivity contribution >= 4 is 11.6 Å². The van der Waals surface area contributed by atoms with E-state index in [1.165, 1.54) is 5.56 Å². The lowest BCUT2D eigenvalue weighted by molar-refractivity contribution is 0.303. The highest BCUT2D eigenvalue weighted by molar-refractivity contribution is 6.30. The van der Waals surface area contributed by atoms with Crippen LogP contribution in [-0.4, -0.2) is 0 Å². The smallest absolute Gasteiger partial charge is 0.124 e. The van der Waals surface area contributed by atoms with Crippen LogP contribution >= 0.6 is 11.6 Å². The molecule has 2 aromatic rings. The fourth-order valence-corrected chi connectivity index (χ4v) is 2.08. The van der Waals surface area contributed by atoms with E-state index in [0.29, 0.717) is 18.2 Å². The number of aryl methyl sites for hydroxylation is 1. The topological polar surface area (TPSA) is 35.2 Å². The van der Waals surface area contributed by atoms with Crippen molar-refractivity contribution in [1.82, 2.24) is 0 Å². The van der Waals surface area contributed by atoms with Gasteiger partial charge < -0.3 is 10.5 Å². The predicted octanol–water partition coefficient (Wildman–Crippen LogP) is 3.94. The molecule has 3 heteroatoms. The number of hydrogen-bond donors (Lipinski definition) is 1. The van der Waals surface area contributed by atoms with Gasteiger partial charge in [-0.3, -0.25) is 0 Å². The molecule has 2 rings (SSSR count). The van der Waals surface area contributed by atoms with E-state index in [4.69, 9.17) is 22.1 Å². The molecule has 0 amide bonds. The minimum Gasteiger partial charge on any atom is -0.489 e. The van der Waals surface area contributed by atoms with Crippen LogP contribution in [0, 0.1) is 0 Å². The molecule has 0 spiro atoms. The van der Waals surface area contributed by atoms with Crippen molar-refractivity contribution in [1.29, 1.82) is 0 Å². The first-order valence-corrected chi connectivity index (χ1v) is 6.80. The van der Waals surface area contributed by atoms with Gasteiger partial charge in [0.2, 0.25) is 0 Å². The molecule has 100 valence electrons. The van der Waals surface area contributed by atoms with Crippen molar-refractivity contribution in [3.63, 3.8) is 0 Å². The van der Waals surface area contributed by atoms with E-state index in [-0.39, 0.29) is 0 Å². The first-order valence-electron chi connectivity index (χ1n) is 6.42. The van der Waals surface area contributed by atoms with Crippen LogP contribution in [0.4, 0.5) is 0 Å². The van der Waals surface area contributed by atoms with Gasteiger partial charge in [0, 0.05) is 17.1 Å². The summed E-state index contributed by atoms with van der Waals surface area (Å²) in [4.78, 5) is 0. The van der Waals surface area contributed by atoms with Crippen LogP contribution < -0.4 is 10.5 Å². The Kier molecular flexibility index (Phi) is 4.83. The second-order valence-electron chi connectivity index (χ2n) is 4.41. The van der Waals surface area contributed by atoms with Gasteiger partial charge in [0.1, 0.15) is 12.4 Å². The minimum absolute atomic E-state index is 0.421. The minimum atomic E-state index is 0.421. The van der Waals surface area contributed by atoms with E-state index in [1.54, 1.807) is 0 Å². The van der Waals surface area contributed by atoms with Crippen molar-refractivity contribution in [3.8, 4) is 5.75 Å². The predicted molar refractivity (Wildman–Crippen MR) is 79.5 cm³/mol. The summed E-state index contributed by atoms with van der Waals surface area (Å²) in [6.07, 6.45) is 1.05. The summed E-state index contributed by atoms with van der Waals surface area (Å²) in [6.45, 7) is 3.11. The number of hydrogen-bond acceptors (Lipinski definition) is 2. The number of nitrogens with two attached hydrogens (primary N) is 1. The van der Waals surface area contributed by atoms with E-state index in [1.807, 2.05) is 18.2 Å². The Morgan fingerprint density at radius 2 is 1.74 bits per heavy atom. The highest BCUT2D eigenvalue weighted by atomic mass is 35.5. The lowest BCUT2D eigenvalue weighted by Crippen LogP contribution is -2.02. The van der Waals surface area contributed by atoms with E-state index in [9.17, 15) is 0 Å². The van der Waals surface area contributed by atoms with E-state index in [0.717, 1.165) is 23.3 Å². The van der Waals surface area contributed by atoms with E-state index in [2.05, 4.69) is 31.2 Å². The fourth-order valence-electron chi connectivity index (χ4n) is 1.88. The van der Waals surface area contributed by atoms with Crippen LogP contribution in [0.2, 0.25) is 5.02 Å². The van der Waals surface area contributed by atoms with Gasteiger partial charge in [-0.2, -0.15) is 0 Å². The van der Waals surface area contributed by atoms with Crippen LogP contribution in [0.25, 0.3) is 0 Å². The van der Waals surface area contributed by atoms with Crippen molar-refractivity contribution in [3.05, 3.63) is 64.2 Å². The van der Waals surface area contributed by atoms with Crippen LogP contribution in [-0.2, 0) is 19.6 Å². The monoisotopic (exact) mass is 275 g/mol. The van der Waals surface area contributed by atoms with Crippen molar-refractivity contribution < 1.29 is 4.74 Å². The van der Waals surface area contributed by atoms with Gasteiger partial charge in [0.25, 0.3) is 0 Å². The summed E-state index contributed by atoms with van der Waals surface area (Å²) >= 11 is 5.94. The molecule has 0 heterocycles.